The second-order valence-corrected chi connectivity index (χ2v) is 4.50. The molecule has 1 N–H and O–H groups in total. The molecule has 2 fully saturated rings. The van der Waals surface area contributed by atoms with E-state index in [1.807, 2.05) is 12.3 Å². The lowest BCUT2D eigenvalue weighted by Gasteiger charge is -2.42. The Morgan fingerprint density at radius 3 is 2.71 bits per heavy atom. The first-order valence-electron chi connectivity index (χ1n) is 5.96. The maximum absolute atomic E-state index is 5.87. The maximum Gasteiger partial charge on any atom is 0.213 e. The smallest absolute Gasteiger partial charge is 0.213 e. The molecule has 2 bridgehead atoms. The van der Waals surface area contributed by atoms with Crippen LogP contribution in [0.25, 0.3) is 0 Å². The van der Waals surface area contributed by atoms with Crippen LogP contribution in [-0.2, 0) is 4.74 Å². The first kappa shape index (κ1) is 10.8. The quantitative estimate of drug-likeness (QED) is 0.797. The van der Waals surface area contributed by atoms with Crippen LogP contribution in [0.1, 0.15) is 0 Å². The highest BCUT2D eigenvalue weighted by Gasteiger charge is 2.31. The highest BCUT2D eigenvalue weighted by atomic mass is 16.5. The maximum atomic E-state index is 5.87. The summed E-state index contributed by atoms with van der Waals surface area (Å²) in [5, 5.41) is 3.39. The van der Waals surface area contributed by atoms with Gasteiger partial charge in [0.15, 0.2) is 0 Å². The van der Waals surface area contributed by atoms with Crippen molar-refractivity contribution in [2.75, 3.05) is 38.2 Å². The summed E-state index contributed by atoms with van der Waals surface area (Å²) in [4.78, 5) is 6.59. The normalized spacial score (nSPS) is 27.9. The van der Waals surface area contributed by atoms with E-state index in [9.17, 15) is 0 Å². The summed E-state index contributed by atoms with van der Waals surface area (Å²) in [6.07, 6.45) is 2.46. The number of methoxy groups -OCH3 is 1. The van der Waals surface area contributed by atoms with Gasteiger partial charge in [-0.2, -0.15) is 0 Å². The van der Waals surface area contributed by atoms with Crippen molar-refractivity contribution in [3.05, 3.63) is 18.3 Å². The van der Waals surface area contributed by atoms with Crippen molar-refractivity contribution < 1.29 is 9.47 Å². The number of ether oxygens (including phenoxy) is 2. The molecular formula is C12H17N3O2. The Morgan fingerprint density at radius 2 is 2.12 bits per heavy atom. The van der Waals surface area contributed by atoms with Gasteiger partial charge in [-0.3, -0.25) is 0 Å². The van der Waals surface area contributed by atoms with Gasteiger partial charge in [0, 0.05) is 32.2 Å². The Hall–Kier alpha value is -1.33. The van der Waals surface area contributed by atoms with E-state index in [0.717, 1.165) is 31.9 Å². The number of pyridine rings is 1. The summed E-state index contributed by atoms with van der Waals surface area (Å²) in [7, 11) is 1.63. The number of fused-ring (bicyclic) bond motifs is 2. The van der Waals surface area contributed by atoms with E-state index in [4.69, 9.17) is 9.47 Å². The molecule has 2 atom stereocenters. The molecule has 5 heteroatoms. The van der Waals surface area contributed by atoms with Gasteiger partial charge in [-0.05, 0) is 6.07 Å². The van der Waals surface area contributed by atoms with Gasteiger partial charge >= 0.3 is 0 Å². The van der Waals surface area contributed by atoms with Crippen LogP contribution >= 0.6 is 0 Å². The summed E-state index contributed by atoms with van der Waals surface area (Å²) in [5.41, 5.74) is 1.14. The van der Waals surface area contributed by atoms with Crippen molar-refractivity contribution in [1.29, 1.82) is 0 Å². The minimum atomic E-state index is 0.296. The molecule has 0 spiro atoms. The Balaban J connectivity index is 1.74. The molecule has 5 nitrogen and oxygen atoms in total. The molecular weight excluding hydrogens is 218 g/mol. The lowest BCUT2D eigenvalue weighted by Crippen LogP contribution is -2.58. The molecule has 0 radical (unpaired) electrons. The van der Waals surface area contributed by atoms with E-state index in [-0.39, 0.29) is 0 Å². The van der Waals surface area contributed by atoms with Crippen LogP contribution in [0.2, 0.25) is 0 Å². The molecule has 2 aliphatic rings. The van der Waals surface area contributed by atoms with E-state index in [2.05, 4.69) is 21.3 Å². The lowest BCUT2D eigenvalue weighted by molar-refractivity contribution is -0.0484. The largest absolute Gasteiger partial charge is 0.481 e. The highest BCUT2D eigenvalue weighted by Crippen LogP contribution is 2.22. The molecule has 3 heterocycles. The molecule has 1 aromatic heterocycles. The van der Waals surface area contributed by atoms with Gasteiger partial charge in [0.05, 0.1) is 31.2 Å². The first-order valence-corrected chi connectivity index (χ1v) is 5.96. The standard InChI is InChI=1S/C12H17N3O2/c1-16-12-3-2-9(4-14-12)15-7-10-5-13-6-11(8-15)17-10/h2-4,10-11,13H,5-8H2,1H3. The van der Waals surface area contributed by atoms with E-state index >= 15 is 0 Å². The lowest BCUT2D eigenvalue weighted by atomic mass is 10.1. The Bertz CT molecular complexity index is 370. The molecule has 3 rings (SSSR count). The van der Waals surface area contributed by atoms with E-state index < -0.39 is 0 Å². The van der Waals surface area contributed by atoms with Crippen LogP contribution in [-0.4, -0.2) is 50.5 Å². The predicted octanol–water partition coefficient (Wildman–Crippen LogP) is 0.267. The third kappa shape index (κ3) is 2.21. The van der Waals surface area contributed by atoms with Gasteiger partial charge in [0.1, 0.15) is 0 Å². The fourth-order valence-corrected chi connectivity index (χ4v) is 2.45. The molecule has 0 aromatic carbocycles. The minimum Gasteiger partial charge on any atom is -0.481 e. The van der Waals surface area contributed by atoms with Crippen LogP contribution < -0.4 is 15.0 Å². The zero-order valence-corrected chi connectivity index (χ0v) is 9.93. The molecule has 2 unspecified atom stereocenters. The number of aromatic nitrogens is 1. The van der Waals surface area contributed by atoms with E-state index in [1.165, 1.54) is 0 Å². The zero-order chi connectivity index (χ0) is 11.7. The zero-order valence-electron chi connectivity index (χ0n) is 9.93. The second kappa shape index (κ2) is 4.50. The van der Waals surface area contributed by atoms with E-state index in [1.54, 1.807) is 7.11 Å². The van der Waals surface area contributed by atoms with Gasteiger partial charge in [-0.25, -0.2) is 4.98 Å². The summed E-state index contributed by atoms with van der Waals surface area (Å²) in [5.74, 6) is 0.656. The number of nitrogens with one attached hydrogen (secondary N) is 1. The van der Waals surface area contributed by atoms with Gasteiger partial charge < -0.3 is 19.7 Å². The number of hydrogen-bond acceptors (Lipinski definition) is 5. The molecule has 2 aliphatic heterocycles. The highest BCUT2D eigenvalue weighted by molar-refractivity contribution is 5.46. The van der Waals surface area contributed by atoms with Crippen LogP contribution in [0, 0.1) is 0 Å². The SMILES string of the molecule is COc1ccc(N2CC3CNCC(C2)O3)cn1. The minimum absolute atomic E-state index is 0.296. The van der Waals surface area contributed by atoms with Crippen molar-refractivity contribution in [1.82, 2.24) is 10.3 Å². The van der Waals surface area contributed by atoms with Crippen molar-refractivity contribution in [3.63, 3.8) is 0 Å². The molecule has 92 valence electrons. The fourth-order valence-electron chi connectivity index (χ4n) is 2.45. The number of anilines is 1. The molecule has 0 aliphatic carbocycles. The summed E-state index contributed by atoms with van der Waals surface area (Å²) in [6.45, 7) is 3.74. The molecule has 1 aromatic rings. The van der Waals surface area contributed by atoms with Crippen LogP contribution in [0.3, 0.4) is 0 Å². The predicted molar refractivity (Wildman–Crippen MR) is 64.5 cm³/mol. The second-order valence-electron chi connectivity index (χ2n) is 4.50. The topological polar surface area (TPSA) is 46.6 Å². The molecule has 17 heavy (non-hydrogen) atoms. The molecule has 0 saturated carbocycles. The van der Waals surface area contributed by atoms with Gasteiger partial charge in [-0.1, -0.05) is 0 Å². The van der Waals surface area contributed by atoms with Crippen LogP contribution in [0.4, 0.5) is 5.69 Å². The number of hydrogen-bond donors (Lipinski definition) is 1. The Kier molecular flexibility index (Phi) is 2.86. The third-order valence-corrected chi connectivity index (χ3v) is 3.27. The van der Waals surface area contributed by atoms with Crippen molar-refractivity contribution >= 4 is 5.69 Å². The average Bonchev–Trinajstić information content (AvgIpc) is 2.38. The van der Waals surface area contributed by atoms with Crippen molar-refractivity contribution in [2.24, 2.45) is 0 Å². The number of rotatable bonds is 2. The Labute approximate surface area is 101 Å². The molecule has 0 amide bonds. The van der Waals surface area contributed by atoms with E-state index in [0.29, 0.717) is 18.1 Å². The summed E-state index contributed by atoms with van der Waals surface area (Å²) >= 11 is 0. The summed E-state index contributed by atoms with van der Waals surface area (Å²) in [6, 6.07) is 3.96. The van der Waals surface area contributed by atoms with Crippen LogP contribution in [0.15, 0.2) is 18.3 Å². The third-order valence-electron chi connectivity index (χ3n) is 3.27. The van der Waals surface area contributed by atoms with Crippen molar-refractivity contribution in [3.8, 4) is 5.88 Å². The monoisotopic (exact) mass is 235 g/mol. The van der Waals surface area contributed by atoms with Crippen molar-refractivity contribution in [2.45, 2.75) is 12.2 Å². The number of morpholine rings is 2. The van der Waals surface area contributed by atoms with Gasteiger partial charge in [0.2, 0.25) is 5.88 Å². The van der Waals surface area contributed by atoms with Crippen LogP contribution in [0.5, 0.6) is 5.88 Å². The van der Waals surface area contributed by atoms with Gasteiger partial charge in [0.25, 0.3) is 0 Å². The Morgan fingerprint density at radius 1 is 1.35 bits per heavy atom. The molecule has 2 saturated heterocycles. The average molecular weight is 235 g/mol. The summed E-state index contributed by atoms with van der Waals surface area (Å²) < 4.78 is 10.9. The fraction of sp³-hybridized carbons (Fsp3) is 0.583. The first-order chi connectivity index (χ1) is 8.35. The van der Waals surface area contributed by atoms with Gasteiger partial charge in [-0.15, -0.1) is 0 Å². The number of nitrogens with zero attached hydrogens (tertiary/aromatic N) is 2.